The summed E-state index contributed by atoms with van der Waals surface area (Å²) >= 11 is 0.737. The van der Waals surface area contributed by atoms with Crippen molar-refractivity contribution in [3.05, 3.63) is 23.5 Å². The molecule has 0 aliphatic carbocycles. The molecule has 0 unspecified atom stereocenters. The molecule has 0 amide bonds. The van der Waals surface area contributed by atoms with Crippen LogP contribution in [0.3, 0.4) is 0 Å². The summed E-state index contributed by atoms with van der Waals surface area (Å²) in [6, 6.07) is 2.65. The largest absolute Gasteiger partial charge is 0.482 e. The summed E-state index contributed by atoms with van der Waals surface area (Å²) in [7, 11) is 1.24. The van der Waals surface area contributed by atoms with Gasteiger partial charge in [-0.15, -0.1) is 0 Å². The van der Waals surface area contributed by atoms with Crippen molar-refractivity contribution in [2.75, 3.05) is 13.7 Å². The third-order valence-electron chi connectivity index (χ3n) is 1.96. The summed E-state index contributed by atoms with van der Waals surface area (Å²) in [5.74, 6) is -0.836. The smallest absolute Gasteiger partial charge is 0.343 e. The molecule has 0 saturated heterocycles. The van der Waals surface area contributed by atoms with Gasteiger partial charge in [0.25, 0.3) is 0 Å². The van der Waals surface area contributed by atoms with Crippen molar-refractivity contribution in [3.8, 4) is 11.2 Å². The number of aryl methyl sites for hydroxylation is 1. The predicted octanol–water partition coefficient (Wildman–Crippen LogP) is 2.26. The summed E-state index contributed by atoms with van der Waals surface area (Å²) < 4.78 is 23.0. The number of thioether (sulfide) groups is 1. The van der Waals surface area contributed by atoms with Crippen molar-refractivity contribution in [1.29, 1.82) is 5.26 Å². The van der Waals surface area contributed by atoms with Gasteiger partial charge in [0.1, 0.15) is 17.0 Å². The van der Waals surface area contributed by atoms with E-state index >= 15 is 0 Å². The molecule has 1 aromatic carbocycles. The lowest BCUT2D eigenvalue weighted by atomic mass is 10.2. The van der Waals surface area contributed by atoms with Gasteiger partial charge >= 0.3 is 5.97 Å². The number of rotatable bonds is 4. The van der Waals surface area contributed by atoms with Gasteiger partial charge in [-0.1, -0.05) is 0 Å². The van der Waals surface area contributed by atoms with Gasteiger partial charge in [-0.25, -0.2) is 9.18 Å². The minimum absolute atomic E-state index is 0.232. The zero-order chi connectivity index (χ0) is 12.8. The van der Waals surface area contributed by atoms with Crippen LogP contribution in [0.2, 0.25) is 0 Å². The van der Waals surface area contributed by atoms with Gasteiger partial charge in [0, 0.05) is 6.07 Å². The van der Waals surface area contributed by atoms with Crippen molar-refractivity contribution in [3.63, 3.8) is 0 Å². The van der Waals surface area contributed by atoms with Gasteiger partial charge in [-0.05, 0) is 30.3 Å². The molecule has 0 heterocycles. The van der Waals surface area contributed by atoms with Crippen molar-refractivity contribution >= 4 is 17.7 Å². The molecule has 0 aliphatic heterocycles. The second-order valence-electron chi connectivity index (χ2n) is 3.11. The molecule has 0 atom stereocenters. The van der Waals surface area contributed by atoms with E-state index < -0.39 is 11.8 Å². The number of esters is 1. The number of methoxy groups -OCH3 is 1. The molecule has 0 saturated carbocycles. The van der Waals surface area contributed by atoms with E-state index in [9.17, 15) is 9.18 Å². The Labute approximate surface area is 102 Å². The Kier molecular flexibility index (Phi) is 4.79. The summed E-state index contributed by atoms with van der Waals surface area (Å²) in [5.41, 5.74) is 0.646. The number of carbonyl (C=O) groups is 1. The van der Waals surface area contributed by atoms with E-state index in [2.05, 4.69) is 4.74 Å². The maximum absolute atomic E-state index is 13.5. The quantitative estimate of drug-likeness (QED) is 0.469. The Balaban J connectivity index is 2.85. The van der Waals surface area contributed by atoms with Crippen molar-refractivity contribution < 1.29 is 18.7 Å². The number of carbonyl (C=O) groups excluding carboxylic acids is 1. The van der Waals surface area contributed by atoms with Gasteiger partial charge in [-0.2, -0.15) is 5.26 Å². The van der Waals surface area contributed by atoms with Crippen molar-refractivity contribution in [2.24, 2.45) is 0 Å². The van der Waals surface area contributed by atoms with Gasteiger partial charge in [0.15, 0.2) is 6.61 Å². The first kappa shape index (κ1) is 13.3. The highest BCUT2D eigenvalue weighted by molar-refractivity contribution is 8.03. The molecular formula is C11H10FNO3S. The topological polar surface area (TPSA) is 59.3 Å². The fraction of sp³-hybridized carbons (Fsp3) is 0.273. The molecule has 17 heavy (non-hydrogen) atoms. The molecular weight excluding hydrogens is 245 g/mol. The van der Waals surface area contributed by atoms with Crippen molar-refractivity contribution in [2.45, 2.75) is 11.8 Å². The van der Waals surface area contributed by atoms with Gasteiger partial charge in [-0.3, -0.25) is 0 Å². The molecule has 0 radical (unpaired) electrons. The first-order valence-corrected chi connectivity index (χ1v) is 5.45. The highest BCUT2D eigenvalue weighted by Crippen LogP contribution is 2.28. The lowest BCUT2D eigenvalue weighted by Gasteiger charge is -2.09. The number of hydrogen-bond donors (Lipinski definition) is 0. The normalized spacial score (nSPS) is 9.53. The number of benzene rings is 1. The van der Waals surface area contributed by atoms with E-state index in [1.54, 1.807) is 12.3 Å². The number of nitrogens with zero attached hydrogens (tertiary/aromatic N) is 1. The molecule has 0 N–H and O–H groups in total. The van der Waals surface area contributed by atoms with Crippen LogP contribution >= 0.6 is 11.8 Å². The maximum atomic E-state index is 13.5. The van der Waals surface area contributed by atoms with Gasteiger partial charge in [0.05, 0.1) is 12.0 Å². The standard InChI is InChI=1S/C11H10FNO3S/c1-7-3-10(17-6-13)8(12)4-9(7)16-5-11(14)15-2/h3-4H,5H2,1-2H3. The second-order valence-corrected chi connectivity index (χ2v) is 3.93. The van der Waals surface area contributed by atoms with E-state index in [-0.39, 0.29) is 17.3 Å². The second kappa shape index (κ2) is 6.11. The summed E-state index contributed by atoms with van der Waals surface area (Å²) in [4.78, 5) is 11.1. The third kappa shape index (κ3) is 3.64. The number of ether oxygens (including phenoxy) is 2. The first-order chi connectivity index (χ1) is 8.08. The summed E-state index contributed by atoms with van der Waals surface area (Å²) in [6.07, 6.45) is 0. The van der Waals surface area contributed by atoms with Crippen LogP contribution in [0.1, 0.15) is 5.56 Å². The predicted molar refractivity (Wildman–Crippen MR) is 60.1 cm³/mol. The number of hydrogen-bond acceptors (Lipinski definition) is 5. The molecule has 1 aromatic rings. The third-order valence-corrected chi connectivity index (χ3v) is 2.58. The number of thiocyanates is 1. The molecule has 0 spiro atoms. The molecule has 6 heteroatoms. The van der Waals surface area contributed by atoms with Gasteiger partial charge in [0.2, 0.25) is 0 Å². The van der Waals surface area contributed by atoms with Crippen LogP contribution < -0.4 is 4.74 Å². The van der Waals surface area contributed by atoms with Crippen LogP contribution in [-0.4, -0.2) is 19.7 Å². The molecule has 4 nitrogen and oxygen atoms in total. The average molecular weight is 255 g/mol. The summed E-state index contributed by atoms with van der Waals surface area (Å²) in [5, 5.41) is 10.3. The fourth-order valence-corrected chi connectivity index (χ4v) is 1.61. The van der Waals surface area contributed by atoms with Crippen LogP contribution in [0.25, 0.3) is 0 Å². The van der Waals surface area contributed by atoms with Crippen LogP contribution in [0.4, 0.5) is 4.39 Å². The van der Waals surface area contributed by atoms with Crippen LogP contribution in [0.15, 0.2) is 17.0 Å². The summed E-state index contributed by atoms with van der Waals surface area (Å²) in [6.45, 7) is 1.43. The molecule has 1 rings (SSSR count). The van der Waals surface area contributed by atoms with E-state index in [1.165, 1.54) is 13.2 Å². The van der Waals surface area contributed by atoms with Crippen LogP contribution in [-0.2, 0) is 9.53 Å². The lowest BCUT2D eigenvalue weighted by Crippen LogP contribution is -2.13. The molecule has 0 fully saturated rings. The van der Waals surface area contributed by atoms with E-state index in [0.717, 1.165) is 17.8 Å². The maximum Gasteiger partial charge on any atom is 0.343 e. The average Bonchev–Trinajstić information content (AvgIpc) is 2.31. The number of nitriles is 1. The Morgan fingerprint density at radius 2 is 2.29 bits per heavy atom. The zero-order valence-corrected chi connectivity index (χ0v) is 10.1. The molecule has 0 aliphatic rings. The van der Waals surface area contributed by atoms with Crippen molar-refractivity contribution in [1.82, 2.24) is 0 Å². The minimum Gasteiger partial charge on any atom is -0.482 e. The molecule has 0 aromatic heterocycles. The monoisotopic (exact) mass is 255 g/mol. The van der Waals surface area contributed by atoms with Crippen LogP contribution in [0, 0.1) is 23.4 Å². The SMILES string of the molecule is COC(=O)COc1cc(F)c(SC#N)cc1C. The number of halogens is 1. The van der Waals surface area contributed by atoms with E-state index in [4.69, 9.17) is 10.00 Å². The highest BCUT2D eigenvalue weighted by atomic mass is 32.2. The van der Waals surface area contributed by atoms with Gasteiger partial charge < -0.3 is 9.47 Å². The molecule has 90 valence electrons. The fourth-order valence-electron chi connectivity index (χ4n) is 1.12. The highest BCUT2D eigenvalue weighted by Gasteiger charge is 2.10. The van der Waals surface area contributed by atoms with E-state index in [0.29, 0.717) is 5.56 Å². The Morgan fingerprint density at radius 1 is 1.59 bits per heavy atom. The lowest BCUT2D eigenvalue weighted by molar-refractivity contribution is -0.142. The van der Waals surface area contributed by atoms with Crippen LogP contribution in [0.5, 0.6) is 5.75 Å². The Bertz CT molecular complexity index is 471. The Morgan fingerprint density at radius 3 is 2.88 bits per heavy atom. The Hall–Kier alpha value is -1.74. The van der Waals surface area contributed by atoms with E-state index in [1.807, 2.05) is 0 Å². The minimum atomic E-state index is -0.554. The first-order valence-electron chi connectivity index (χ1n) is 4.64. The molecule has 0 bridgehead atoms. The zero-order valence-electron chi connectivity index (χ0n) is 9.32.